The van der Waals surface area contributed by atoms with Gasteiger partial charge in [0.25, 0.3) is 0 Å². The van der Waals surface area contributed by atoms with Gasteiger partial charge in [0.15, 0.2) is 14.1 Å². The minimum atomic E-state index is -3.13. The first kappa shape index (κ1) is 38.2. The zero-order valence-electron chi connectivity index (χ0n) is 31.1. The van der Waals surface area contributed by atoms with Gasteiger partial charge in [-0.25, -0.2) is 10.2 Å². The Balaban J connectivity index is 1.82. The number of Topliss-reactive ketones (excluding diaryl/α,β-unsaturated/α-hetero) is 1. The summed E-state index contributed by atoms with van der Waals surface area (Å²) in [5.41, 5.74) is 4.41. The minimum Gasteiger partial charge on any atom is -0.457 e. The van der Waals surface area contributed by atoms with E-state index in [4.69, 9.17) is 9.16 Å². The number of allylic oxidation sites excluding steroid dienone is 1. The van der Waals surface area contributed by atoms with Crippen LogP contribution in [-0.2, 0) is 23.5 Å². The number of amides is 1. The minimum absolute atomic E-state index is 0.0213. The van der Waals surface area contributed by atoms with E-state index in [2.05, 4.69) is 45.9 Å². The summed E-state index contributed by atoms with van der Waals surface area (Å²) in [5, 5.41) is 4.39. The maximum Gasteiger partial charge on any atom is 0.356 e. The number of likely N-dealkylation sites (tertiary alicyclic amines) is 1. The molecule has 2 aliphatic rings. The molecule has 270 valence electrons. The summed E-state index contributed by atoms with van der Waals surface area (Å²) in [5.74, 6) is -1.59. The third kappa shape index (κ3) is 7.36. The Morgan fingerprint density at radius 1 is 0.941 bits per heavy atom. The topological polar surface area (TPSA) is 88.2 Å². The van der Waals surface area contributed by atoms with E-state index < -0.39 is 45.3 Å². The van der Waals surface area contributed by atoms with Crippen LogP contribution in [0.2, 0.25) is 18.1 Å². The largest absolute Gasteiger partial charge is 0.457 e. The van der Waals surface area contributed by atoms with Gasteiger partial charge in [0.05, 0.1) is 18.1 Å². The van der Waals surface area contributed by atoms with Crippen molar-refractivity contribution in [1.29, 1.82) is 0 Å². The fraction of sp³-hybridized carbons (Fsp3) is 0.366. The molecule has 2 aliphatic heterocycles. The Bertz CT molecular complexity index is 1740. The van der Waals surface area contributed by atoms with Gasteiger partial charge < -0.3 is 19.1 Å². The first-order chi connectivity index (χ1) is 24.1. The van der Waals surface area contributed by atoms with Gasteiger partial charge in [-0.15, -0.1) is 0 Å². The van der Waals surface area contributed by atoms with Gasteiger partial charge in [-0.05, 0) is 54.0 Å². The highest BCUT2D eigenvalue weighted by molar-refractivity contribution is 7.96. The molecule has 0 radical (unpaired) electrons. The first-order valence-electron chi connectivity index (χ1n) is 17.6. The number of hydrazine groups is 1. The van der Waals surface area contributed by atoms with Gasteiger partial charge in [-0.2, -0.15) is 0 Å². The van der Waals surface area contributed by atoms with Gasteiger partial charge in [-0.1, -0.05) is 124 Å². The molecule has 3 aromatic rings. The molecule has 1 N–H and O–H groups in total. The molecule has 2 heterocycles. The molecule has 1 fully saturated rings. The molecule has 51 heavy (non-hydrogen) atoms. The Morgan fingerprint density at radius 3 is 1.84 bits per heavy atom. The number of carbonyl (C=O) groups is 3. The van der Waals surface area contributed by atoms with Crippen molar-refractivity contribution in [2.75, 3.05) is 13.7 Å². The molecule has 0 spiro atoms. The average molecular weight is 726 g/mol. The Kier molecular flexibility index (Phi) is 11.5. The summed E-state index contributed by atoms with van der Waals surface area (Å²) in [6.07, 6.45) is 2.95. The van der Waals surface area contributed by atoms with Crippen LogP contribution in [0.4, 0.5) is 0 Å². The molecule has 0 saturated carbocycles. The molecule has 10 heteroatoms. The Hall–Kier alpha value is -4.01. The Labute approximate surface area is 304 Å². The quantitative estimate of drug-likeness (QED) is 0.0789. The van der Waals surface area contributed by atoms with Gasteiger partial charge in [0.2, 0.25) is 5.91 Å². The number of hydrogen-bond donors (Lipinski definition) is 1. The van der Waals surface area contributed by atoms with Crippen LogP contribution in [0.1, 0.15) is 41.0 Å². The van der Waals surface area contributed by atoms with Crippen molar-refractivity contribution in [3.8, 4) is 0 Å². The molecule has 3 aromatic carbocycles. The number of hydrogen-bond acceptors (Lipinski definition) is 7. The van der Waals surface area contributed by atoms with E-state index >= 15 is 0 Å². The smallest absolute Gasteiger partial charge is 0.356 e. The average Bonchev–Trinajstić information content (AvgIpc) is 3.45. The van der Waals surface area contributed by atoms with Crippen LogP contribution < -0.4 is 21.3 Å². The van der Waals surface area contributed by atoms with E-state index in [0.29, 0.717) is 0 Å². The van der Waals surface area contributed by atoms with E-state index in [9.17, 15) is 14.4 Å². The number of carbonyl (C=O) groups excluding carboxylic acids is 3. The van der Waals surface area contributed by atoms with Crippen LogP contribution >= 0.6 is 6.89 Å². The van der Waals surface area contributed by atoms with Gasteiger partial charge in [0, 0.05) is 26.1 Å². The van der Waals surface area contributed by atoms with Crippen molar-refractivity contribution in [3.05, 3.63) is 115 Å². The Morgan fingerprint density at radius 2 is 1.43 bits per heavy atom. The lowest BCUT2D eigenvalue weighted by atomic mass is 9.79. The number of ketones is 1. The fourth-order valence-electron chi connectivity index (χ4n) is 6.84. The second-order valence-corrected chi connectivity index (χ2v) is 23.0. The number of esters is 1. The van der Waals surface area contributed by atoms with Crippen molar-refractivity contribution >= 4 is 54.2 Å². The number of β-lactam (4-membered cyclic amide) rings is 1. The summed E-state index contributed by atoms with van der Waals surface area (Å²) >= 11 is 0. The van der Waals surface area contributed by atoms with Crippen LogP contribution in [0.25, 0.3) is 0 Å². The highest BCUT2D eigenvalue weighted by Gasteiger charge is 2.57. The highest BCUT2D eigenvalue weighted by atomic mass is 31.2. The summed E-state index contributed by atoms with van der Waals surface area (Å²) in [6, 6.07) is 28.5. The number of ether oxygens (including phenoxy) is 1. The number of nitrogens with zero attached hydrogens (tertiary/aromatic N) is 2. The fourth-order valence-corrected chi connectivity index (χ4v) is 12.7. The molecule has 1 unspecified atom stereocenters. The number of nitrogens with one attached hydrogen (secondary N) is 1. The van der Waals surface area contributed by atoms with Crippen LogP contribution in [0, 0.1) is 5.92 Å². The third-order valence-electron chi connectivity index (χ3n) is 10.6. The maximum atomic E-state index is 15.0. The summed E-state index contributed by atoms with van der Waals surface area (Å²) < 4.78 is 12.8. The van der Waals surface area contributed by atoms with E-state index in [0.717, 1.165) is 21.6 Å². The van der Waals surface area contributed by atoms with Crippen molar-refractivity contribution < 1.29 is 23.5 Å². The van der Waals surface area contributed by atoms with Crippen molar-refractivity contribution in [2.45, 2.75) is 77.4 Å². The molecule has 0 bridgehead atoms. The second kappa shape index (κ2) is 15.3. The summed E-state index contributed by atoms with van der Waals surface area (Å²) in [7, 11) is -0.455. The van der Waals surface area contributed by atoms with E-state index in [-0.39, 0.29) is 35.2 Å². The van der Waals surface area contributed by atoms with E-state index in [1.807, 2.05) is 123 Å². The van der Waals surface area contributed by atoms with Crippen LogP contribution in [-0.4, -0.2) is 73.1 Å². The van der Waals surface area contributed by atoms with Crippen molar-refractivity contribution in [1.82, 2.24) is 15.3 Å². The number of benzene rings is 3. The molecule has 0 aromatic heterocycles. The highest BCUT2D eigenvalue weighted by Crippen LogP contribution is 2.50. The number of rotatable bonds is 13. The molecular weight excluding hydrogens is 674 g/mol. The molecule has 8 nitrogen and oxygen atoms in total. The lowest BCUT2D eigenvalue weighted by molar-refractivity contribution is -0.158. The molecule has 5 rings (SSSR count). The molecule has 4 atom stereocenters. The van der Waals surface area contributed by atoms with Crippen LogP contribution in [0.3, 0.4) is 0 Å². The normalized spacial score (nSPS) is 20.0. The van der Waals surface area contributed by atoms with Crippen LogP contribution in [0.5, 0.6) is 0 Å². The zero-order valence-corrected chi connectivity index (χ0v) is 33.0. The van der Waals surface area contributed by atoms with Crippen LogP contribution in [0.15, 0.2) is 115 Å². The van der Waals surface area contributed by atoms with Gasteiger partial charge in [0.1, 0.15) is 18.1 Å². The predicted molar refractivity (Wildman–Crippen MR) is 211 cm³/mol. The molecule has 1 saturated heterocycles. The van der Waals surface area contributed by atoms with Crippen molar-refractivity contribution in [2.24, 2.45) is 5.92 Å². The van der Waals surface area contributed by atoms with E-state index in [1.165, 1.54) is 6.08 Å². The predicted octanol–water partition coefficient (Wildman–Crippen LogP) is 5.76. The zero-order chi connectivity index (χ0) is 37.1. The maximum absolute atomic E-state index is 15.0. The SMILES string of the molecule is C=CCOC(=O)C(N1C(=O)[C@H]([C@@H](C)O[Si](C)(C)C(C)(C)C)[C@H]1CC(=O)C1C=C(C)N(C)N1)=P(c1ccccc1)(c1ccccc1)c1ccccc1. The van der Waals surface area contributed by atoms with Gasteiger partial charge >= 0.3 is 5.97 Å². The van der Waals surface area contributed by atoms with E-state index in [1.54, 1.807) is 4.90 Å². The lowest BCUT2D eigenvalue weighted by Gasteiger charge is -2.53. The monoisotopic (exact) mass is 725 g/mol. The summed E-state index contributed by atoms with van der Waals surface area (Å²) in [6.45, 7) is 15.3. The van der Waals surface area contributed by atoms with Crippen molar-refractivity contribution in [3.63, 3.8) is 0 Å². The van der Waals surface area contributed by atoms with Gasteiger partial charge in [-0.3, -0.25) is 9.59 Å². The standard InChI is InChI=1S/C41H52N3O5PSi/c1-10-26-48-40(47)39(50(31-20-14-11-15-21-31,32-22-16-12-17-23-32)33-24-18-13-19-25-33)44-35(28-36(45)34-27-29(2)43(7)42-34)37(38(44)46)30(3)49-51(8,9)41(4,5)6/h10-25,27,30,34-35,37,42H,1,26,28H2,2-9H3/t30-,34?,35-,37-/m1/s1. The molecule has 0 aliphatic carbocycles. The summed E-state index contributed by atoms with van der Waals surface area (Å²) in [4.78, 5) is 45.6. The third-order valence-corrected chi connectivity index (χ3v) is 19.4. The first-order valence-corrected chi connectivity index (χ1v) is 22.3. The lowest BCUT2D eigenvalue weighted by Crippen LogP contribution is -2.70. The second-order valence-electron chi connectivity index (χ2n) is 14.9. The molecular formula is C41H52N3O5PSi. The molecule has 1 amide bonds.